The van der Waals surface area contributed by atoms with E-state index in [1.54, 1.807) is 32.9 Å². The number of carbonyl (C=O) groups is 2. The summed E-state index contributed by atoms with van der Waals surface area (Å²) >= 11 is 0. The number of carbonyl (C=O) groups excluding carboxylic acids is 1. The maximum atomic E-state index is 14.7. The summed E-state index contributed by atoms with van der Waals surface area (Å²) in [7, 11) is -4.21. The number of aliphatic hydroxyl groups excluding tert-OH is 1. The van der Waals surface area contributed by atoms with Crippen molar-refractivity contribution in [3.8, 4) is 0 Å². The van der Waals surface area contributed by atoms with Gasteiger partial charge in [-0.05, 0) is 103 Å². The van der Waals surface area contributed by atoms with Gasteiger partial charge in [-0.3, -0.25) is 9.59 Å². The Morgan fingerprint density at radius 1 is 0.937 bits per heavy atom. The fourth-order valence-electron chi connectivity index (χ4n) is 11.7. The van der Waals surface area contributed by atoms with Crippen molar-refractivity contribution in [3.05, 3.63) is 23.6 Å². The number of nitrogens with zero attached hydrogens (tertiary/aromatic N) is 1. The molecule has 6 heterocycles. The topological polar surface area (TPSA) is 213 Å². The van der Waals surface area contributed by atoms with E-state index < -0.39 is 105 Å². The Kier molecular flexibility index (Phi) is 14.9. The first-order valence-electron chi connectivity index (χ1n) is 23.6. The van der Waals surface area contributed by atoms with Gasteiger partial charge in [0.15, 0.2) is 17.3 Å². The van der Waals surface area contributed by atoms with E-state index in [1.807, 2.05) is 55.4 Å². The van der Waals surface area contributed by atoms with Gasteiger partial charge >= 0.3 is 5.97 Å². The van der Waals surface area contributed by atoms with E-state index >= 15 is 0 Å². The van der Waals surface area contributed by atoms with Crippen LogP contribution in [0.15, 0.2) is 21.6 Å². The van der Waals surface area contributed by atoms with Gasteiger partial charge in [0.05, 0.1) is 59.8 Å². The molecule has 16 heteroatoms. The lowest BCUT2D eigenvalue weighted by Gasteiger charge is -2.55. The number of hydrogen-bond acceptors (Lipinski definition) is 13. The molecule has 0 amide bonds. The molecule has 1 aromatic rings. The van der Waals surface area contributed by atoms with Crippen molar-refractivity contribution in [2.45, 2.75) is 218 Å². The second-order valence-corrected chi connectivity index (χ2v) is 21.9. The third kappa shape index (κ3) is 9.37. The van der Waals surface area contributed by atoms with E-state index in [0.717, 1.165) is 6.42 Å². The van der Waals surface area contributed by atoms with E-state index in [4.69, 9.17) is 28.2 Å². The third-order valence-electron chi connectivity index (χ3n) is 16.0. The quantitative estimate of drug-likeness (QED) is 0.134. The summed E-state index contributed by atoms with van der Waals surface area (Å²) in [5, 5.41) is 36.9. The average Bonchev–Trinajstić information content (AvgIpc) is 3.77. The van der Waals surface area contributed by atoms with Crippen molar-refractivity contribution in [2.75, 3.05) is 0 Å². The molecule has 63 heavy (non-hydrogen) atoms. The lowest BCUT2D eigenvalue weighted by atomic mass is 9.72. The second-order valence-electron chi connectivity index (χ2n) is 20.2. The molecule has 4 N–H and O–H groups in total. The van der Waals surface area contributed by atoms with Crippen molar-refractivity contribution in [1.29, 1.82) is 0 Å². The molecular formula is C47H76N2O13S. The Bertz CT molecular complexity index is 1920. The molecule has 2 spiro atoms. The highest BCUT2D eigenvalue weighted by Gasteiger charge is 2.64. The minimum atomic E-state index is -4.21. The van der Waals surface area contributed by atoms with Crippen LogP contribution in [0.5, 0.6) is 0 Å². The zero-order valence-electron chi connectivity index (χ0n) is 39.6. The highest BCUT2D eigenvalue weighted by atomic mass is 32.2. The Morgan fingerprint density at radius 2 is 1.62 bits per heavy atom. The predicted molar refractivity (Wildman–Crippen MR) is 233 cm³/mol. The fourth-order valence-corrected chi connectivity index (χ4v) is 13.3. The van der Waals surface area contributed by atoms with E-state index in [2.05, 4.69) is 16.8 Å². The van der Waals surface area contributed by atoms with Crippen LogP contribution in [0.1, 0.15) is 145 Å². The van der Waals surface area contributed by atoms with Gasteiger partial charge in [-0.25, -0.2) is 8.42 Å². The van der Waals surface area contributed by atoms with Crippen molar-refractivity contribution in [3.63, 3.8) is 0 Å². The molecular weight excluding hydrogens is 833 g/mol. The number of rotatable bonds is 15. The number of Topliss-reactive ketones (excluding diaryl/α,β-unsaturated/α-hetero) is 1. The number of carboxylic acid groups (broad SMARTS) is 1. The van der Waals surface area contributed by atoms with Gasteiger partial charge in [0.1, 0.15) is 16.4 Å². The summed E-state index contributed by atoms with van der Waals surface area (Å²) in [5.74, 6) is -6.64. The van der Waals surface area contributed by atoms with Gasteiger partial charge in [-0.15, -0.1) is 0 Å². The molecule has 15 nitrogen and oxygen atoms in total. The zero-order chi connectivity index (χ0) is 46.6. The van der Waals surface area contributed by atoms with Gasteiger partial charge in [-0.1, -0.05) is 66.6 Å². The average molecular weight is 909 g/mol. The molecule has 2 unspecified atom stereocenters. The third-order valence-corrected chi connectivity index (χ3v) is 17.7. The zero-order valence-corrected chi connectivity index (χ0v) is 40.4. The normalized spacial score (nSPS) is 41.0. The molecule has 0 aromatic carbocycles. The molecule has 0 bridgehead atoms. The minimum Gasteiger partial charge on any atom is -0.481 e. The van der Waals surface area contributed by atoms with Gasteiger partial charge in [-0.2, -0.15) is 4.72 Å². The number of sulfonamides is 1. The molecule has 6 rings (SSSR count). The van der Waals surface area contributed by atoms with Crippen LogP contribution in [-0.4, -0.2) is 106 Å². The van der Waals surface area contributed by atoms with Crippen LogP contribution in [-0.2, 0) is 43.3 Å². The summed E-state index contributed by atoms with van der Waals surface area (Å²) < 4.78 is 70.7. The van der Waals surface area contributed by atoms with Gasteiger partial charge < -0.3 is 43.5 Å². The molecule has 5 aliphatic rings. The van der Waals surface area contributed by atoms with Gasteiger partial charge in [0.25, 0.3) is 0 Å². The van der Waals surface area contributed by atoms with Crippen molar-refractivity contribution in [1.82, 2.24) is 9.88 Å². The van der Waals surface area contributed by atoms with Crippen molar-refractivity contribution in [2.24, 2.45) is 41.4 Å². The molecule has 358 valence electrons. The standard InChI is InChI=1S/C47H76N2O13S/c1-13-33(43(52)53)35-17-16-25(4)40(58-35)29(8)38(50)28(7)39(51)34(14-2)41-26(5)24-27(6)46(59-41)21-18-36(49-63(55,56)42-30(9)48-60-31(42)10)47(62-46)23-22-44(12,61-47)37-19-20-45(54,15-3)32(11)57-37/h18,21,25-29,32-38,40-41,49-50,54H,13-17,19-20,22-24H2,1-12H3,(H,52,53)/t25-,26-,27+,28-,29-,32-,33+,34?,35+,36?,37+,38+,40+,41-,44-,45+,46-,47-/m0/s1. The predicted octanol–water partition coefficient (Wildman–Crippen LogP) is 6.78. The summed E-state index contributed by atoms with van der Waals surface area (Å²) in [6.07, 6.45) is 5.26. The first-order valence-corrected chi connectivity index (χ1v) is 25.1. The van der Waals surface area contributed by atoms with Crippen LogP contribution in [0.25, 0.3) is 0 Å². The number of aliphatic hydroxyl groups is 2. The number of ketones is 1. The molecule has 0 radical (unpaired) electrons. The van der Waals surface area contributed by atoms with Crippen LogP contribution >= 0.6 is 0 Å². The Balaban J connectivity index is 1.28. The fraction of sp³-hybridized carbons (Fsp3) is 0.851. The van der Waals surface area contributed by atoms with E-state index in [0.29, 0.717) is 51.4 Å². The van der Waals surface area contributed by atoms with Crippen LogP contribution in [0.2, 0.25) is 0 Å². The largest absolute Gasteiger partial charge is 0.481 e. The molecule has 1 aromatic heterocycles. The number of hydrogen-bond donors (Lipinski definition) is 4. The van der Waals surface area contributed by atoms with Gasteiger partial charge in [0, 0.05) is 30.1 Å². The maximum absolute atomic E-state index is 14.7. The molecule has 5 aliphatic heterocycles. The smallest absolute Gasteiger partial charge is 0.309 e. The number of aliphatic carboxylic acids is 1. The maximum Gasteiger partial charge on any atom is 0.309 e. The number of carboxylic acids is 1. The van der Waals surface area contributed by atoms with Crippen LogP contribution in [0, 0.1) is 55.3 Å². The Hall–Kier alpha value is -2.28. The SMILES string of the molecule is CCC(C(=O)[C@@H](C)[C@@H](O)[C@H](C)[C@@H]1O[C@@H]([C@@H](CC)C(=O)O)CC[C@@H]1C)[C@H]1O[C@]2(C=CC(NS(=O)(=O)c3c(C)noc3C)[C@]3(CC[C@@](C)([C@H]4CC[C@](O)(CC)[C@H](C)O4)O3)O2)[C@H](C)C[C@@H]1C. The van der Waals surface area contributed by atoms with E-state index in [9.17, 15) is 33.3 Å². The summed E-state index contributed by atoms with van der Waals surface area (Å²) in [6.45, 7) is 22.4. The molecule has 0 saturated carbocycles. The number of aromatic nitrogens is 1. The number of ether oxygens (including phenoxy) is 5. The van der Waals surface area contributed by atoms with Crippen LogP contribution < -0.4 is 4.72 Å². The first kappa shape index (κ1) is 50.1. The van der Waals surface area contributed by atoms with Gasteiger partial charge in [0.2, 0.25) is 10.0 Å². The number of nitrogens with one attached hydrogen (secondary N) is 1. The monoisotopic (exact) mass is 909 g/mol. The lowest BCUT2D eigenvalue weighted by molar-refractivity contribution is -0.397. The highest BCUT2D eigenvalue weighted by molar-refractivity contribution is 7.89. The van der Waals surface area contributed by atoms with Crippen molar-refractivity contribution >= 4 is 21.8 Å². The van der Waals surface area contributed by atoms with E-state index in [-0.39, 0.29) is 46.3 Å². The Morgan fingerprint density at radius 3 is 2.21 bits per heavy atom. The minimum absolute atomic E-state index is 0.0591. The summed E-state index contributed by atoms with van der Waals surface area (Å²) in [4.78, 5) is 26.7. The Labute approximate surface area is 374 Å². The molecule has 0 aliphatic carbocycles. The first-order chi connectivity index (χ1) is 29.4. The molecule has 4 saturated heterocycles. The highest BCUT2D eigenvalue weighted by Crippen LogP contribution is 2.54. The van der Waals surface area contributed by atoms with Crippen molar-refractivity contribution < 1.29 is 61.5 Å². The van der Waals surface area contributed by atoms with Crippen LogP contribution in [0.4, 0.5) is 0 Å². The second kappa shape index (κ2) is 18.8. The number of aryl methyl sites for hydroxylation is 2. The molecule has 18 atom stereocenters. The molecule has 4 fully saturated rings. The van der Waals surface area contributed by atoms with Crippen LogP contribution in [0.3, 0.4) is 0 Å². The lowest BCUT2D eigenvalue weighted by Crippen LogP contribution is -2.65. The van der Waals surface area contributed by atoms with E-state index in [1.165, 1.54) is 0 Å². The summed E-state index contributed by atoms with van der Waals surface area (Å²) in [6, 6.07) is -1.02. The summed E-state index contributed by atoms with van der Waals surface area (Å²) in [5.41, 5.74) is -1.68.